The molecule has 2 unspecified atom stereocenters. The van der Waals surface area contributed by atoms with E-state index in [-0.39, 0.29) is 5.82 Å². The molecule has 4 rings (SSSR count). The molecular formula is C19H23FN6. The first-order valence-electron chi connectivity index (χ1n) is 8.97. The number of nitrogens with zero attached hydrogens (tertiary/aromatic N) is 5. The quantitative estimate of drug-likeness (QED) is 0.777. The number of rotatable bonds is 3. The van der Waals surface area contributed by atoms with Gasteiger partial charge in [-0.1, -0.05) is 13.8 Å². The third-order valence-corrected chi connectivity index (χ3v) is 4.84. The number of halogens is 1. The molecule has 3 aromatic rings. The van der Waals surface area contributed by atoms with Gasteiger partial charge in [-0.15, -0.1) is 0 Å². The van der Waals surface area contributed by atoms with Gasteiger partial charge in [0, 0.05) is 25.8 Å². The van der Waals surface area contributed by atoms with Crippen molar-refractivity contribution in [3.05, 3.63) is 36.3 Å². The molecule has 7 heteroatoms. The summed E-state index contributed by atoms with van der Waals surface area (Å²) in [4.78, 5) is 11.8. The third kappa shape index (κ3) is 3.21. The van der Waals surface area contributed by atoms with Gasteiger partial charge in [-0.2, -0.15) is 15.1 Å². The van der Waals surface area contributed by atoms with Crippen LogP contribution in [0.15, 0.2) is 30.5 Å². The van der Waals surface area contributed by atoms with E-state index in [0.29, 0.717) is 23.6 Å². The fourth-order valence-corrected chi connectivity index (χ4v) is 3.74. The van der Waals surface area contributed by atoms with Crippen LogP contribution in [0.4, 0.5) is 21.8 Å². The van der Waals surface area contributed by atoms with Crippen LogP contribution < -0.4 is 10.2 Å². The number of anilines is 3. The maximum Gasteiger partial charge on any atom is 0.229 e. The predicted molar refractivity (Wildman–Crippen MR) is 101 cm³/mol. The zero-order chi connectivity index (χ0) is 18.3. The van der Waals surface area contributed by atoms with Crippen molar-refractivity contribution in [3.8, 4) is 0 Å². The third-order valence-electron chi connectivity index (χ3n) is 4.84. The number of piperidine rings is 1. The summed E-state index contributed by atoms with van der Waals surface area (Å²) in [6.45, 7) is 6.43. The normalized spacial score (nSPS) is 20.5. The average molecular weight is 354 g/mol. The Labute approximate surface area is 152 Å². The van der Waals surface area contributed by atoms with Crippen molar-refractivity contribution in [3.63, 3.8) is 0 Å². The molecule has 1 aliphatic rings. The maximum absolute atomic E-state index is 13.2. The lowest BCUT2D eigenvalue weighted by atomic mass is 9.92. The Morgan fingerprint density at radius 3 is 2.46 bits per heavy atom. The molecule has 26 heavy (non-hydrogen) atoms. The highest BCUT2D eigenvalue weighted by Crippen LogP contribution is 2.29. The zero-order valence-electron chi connectivity index (χ0n) is 15.3. The second-order valence-corrected chi connectivity index (χ2v) is 7.36. The smallest absolute Gasteiger partial charge is 0.229 e. The first-order chi connectivity index (χ1) is 12.5. The second kappa shape index (κ2) is 6.55. The van der Waals surface area contributed by atoms with E-state index in [1.807, 2.05) is 7.05 Å². The van der Waals surface area contributed by atoms with E-state index in [2.05, 4.69) is 29.2 Å². The summed E-state index contributed by atoms with van der Waals surface area (Å²) in [7, 11) is 1.88. The number of hydrogen-bond donors (Lipinski definition) is 1. The summed E-state index contributed by atoms with van der Waals surface area (Å²) < 4.78 is 14.9. The number of fused-ring (bicyclic) bond motifs is 1. The van der Waals surface area contributed by atoms with Crippen molar-refractivity contribution in [2.75, 3.05) is 23.3 Å². The summed E-state index contributed by atoms with van der Waals surface area (Å²) in [5.74, 6) is 2.36. The molecule has 3 heterocycles. The van der Waals surface area contributed by atoms with E-state index in [4.69, 9.17) is 9.97 Å². The number of aromatic nitrogens is 4. The molecule has 2 atom stereocenters. The molecule has 0 saturated carbocycles. The highest BCUT2D eigenvalue weighted by molar-refractivity contribution is 5.89. The first-order valence-corrected chi connectivity index (χ1v) is 8.97. The molecule has 0 bridgehead atoms. The number of hydrogen-bond acceptors (Lipinski definition) is 5. The standard InChI is InChI=1S/C19H23FN6/c1-12-8-13(2)11-26(10-12)19-23-17(16-9-21-25(3)18(16)24-19)22-15-6-4-14(20)5-7-15/h4-7,9,12-13H,8,10-11H2,1-3H3,(H,22,23,24). The van der Waals surface area contributed by atoms with Crippen molar-refractivity contribution in [2.24, 2.45) is 18.9 Å². The minimum absolute atomic E-state index is 0.262. The van der Waals surface area contributed by atoms with E-state index in [1.54, 1.807) is 23.0 Å². The van der Waals surface area contributed by atoms with Crippen LogP contribution in [0.1, 0.15) is 20.3 Å². The van der Waals surface area contributed by atoms with Gasteiger partial charge >= 0.3 is 0 Å². The SMILES string of the molecule is CC1CC(C)CN(c2nc(Nc3ccc(F)cc3)c3cnn(C)c3n2)C1. The molecule has 0 spiro atoms. The molecule has 1 fully saturated rings. The van der Waals surface area contributed by atoms with Crippen LogP contribution in [0.2, 0.25) is 0 Å². The number of benzene rings is 1. The number of nitrogens with one attached hydrogen (secondary N) is 1. The van der Waals surface area contributed by atoms with Crippen LogP contribution in [0.3, 0.4) is 0 Å². The van der Waals surface area contributed by atoms with Crippen molar-refractivity contribution in [2.45, 2.75) is 20.3 Å². The van der Waals surface area contributed by atoms with Crippen molar-refractivity contribution >= 4 is 28.5 Å². The molecule has 0 aliphatic carbocycles. The van der Waals surface area contributed by atoms with Gasteiger partial charge in [0.05, 0.1) is 11.6 Å². The lowest BCUT2D eigenvalue weighted by Crippen LogP contribution is -2.39. The highest BCUT2D eigenvalue weighted by atomic mass is 19.1. The van der Waals surface area contributed by atoms with Crippen LogP contribution in [-0.4, -0.2) is 32.8 Å². The van der Waals surface area contributed by atoms with Gasteiger partial charge in [0.2, 0.25) is 5.95 Å². The lowest BCUT2D eigenvalue weighted by molar-refractivity contribution is 0.354. The molecule has 1 aliphatic heterocycles. The van der Waals surface area contributed by atoms with Crippen LogP contribution in [0.5, 0.6) is 0 Å². The van der Waals surface area contributed by atoms with Gasteiger partial charge < -0.3 is 10.2 Å². The molecule has 1 N–H and O–H groups in total. The lowest BCUT2D eigenvalue weighted by Gasteiger charge is -2.35. The van der Waals surface area contributed by atoms with Crippen molar-refractivity contribution in [1.29, 1.82) is 0 Å². The maximum atomic E-state index is 13.2. The fraction of sp³-hybridized carbons (Fsp3) is 0.421. The Morgan fingerprint density at radius 2 is 1.77 bits per heavy atom. The summed E-state index contributed by atoms with van der Waals surface area (Å²) >= 11 is 0. The Kier molecular flexibility index (Phi) is 4.22. The van der Waals surface area contributed by atoms with Gasteiger partial charge in [0.15, 0.2) is 5.65 Å². The van der Waals surface area contributed by atoms with Gasteiger partial charge in [-0.3, -0.25) is 4.68 Å². The minimum Gasteiger partial charge on any atom is -0.340 e. The summed E-state index contributed by atoms with van der Waals surface area (Å²) in [5, 5.41) is 8.46. The molecule has 0 amide bonds. The van der Waals surface area contributed by atoms with Gasteiger partial charge in [-0.05, 0) is 42.5 Å². The molecule has 1 aromatic carbocycles. The molecule has 1 saturated heterocycles. The summed E-state index contributed by atoms with van der Waals surface area (Å²) in [6, 6.07) is 6.26. The highest BCUT2D eigenvalue weighted by Gasteiger charge is 2.25. The van der Waals surface area contributed by atoms with Crippen molar-refractivity contribution < 1.29 is 4.39 Å². The van der Waals surface area contributed by atoms with Gasteiger partial charge in [0.25, 0.3) is 0 Å². The fourth-order valence-electron chi connectivity index (χ4n) is 3.74. The molecule has 2 aromatic heterocycles. The summed E-state index contributed by atoms with van der Waals surface area (Å²) in [6.07, 6.45) is 2.98. The van der Waals surface area contributed by atoms with E-state index < -0.39 is 0 Å². The second-order valence-electron chi connectivity index (χ2n) is 7.36. The topological polar surface area (TPSA) is 58.9 Å². The van der Waals surface area contributed by atoms with E-state index in [1.165, 1.54) is 18.6 Å². The van der Waals surface area contributed by atoms with Crippen LogP contribution in [0.25, 0.3) is 11.0 Å². The van der Waals surface area contributed by atoms with E-state index in [0.717, 1.165) is 29.8 Å². The summed E-state index contributed by atoms with van der Waals surface area (Å²) in [5.41, 5.74) is 1.56. The first kappa shape index (κ1) is 16.8. The molecule has 136 valence electrons. The molecular weight excluding hydrogens is 331 g/mol. The van der Waals surface area contributed by atoms with Crippen LogP contribution >= 0.6 is 0 Å². The predicted octanol–water partition coefficient (Wildman–Crippen LogP) is 3.73. The number of aryl methyl sites for hydroxylation is 1. The monoisotopic (exact) mass is 354 g/mol. The van der Waals surface area contributed by atoms with Crippen LogP contribution in [0, 0.1) is 17.7 Å². The Bertz CT molecular complexity index is 910. The van der Waals surface area contributed by atoms with Crippen LogP contribution in [-0.2, 0) is 7.05 Å². The minimum atomic E-state index is -0.262. The van der Waals surface area contributed by atoms with Crippen molar-refractivity contribution in [1.82, 2.24) is 19.7 Å². The van der Waals surface area contributed by atoms with Gasteiger partial charge in [0.1, 0.15) is 11.6 Å². The largest absolute Gasteiger partial charge is 0.340 e. The average Bonchev–Trinajstić information content (AvgIpc) is 2.97. The molecule has 6 nitrogen and oxygen atoms in total. The van der Waals surface area contributed by atoms with E-state index >= 15 is 0 Å². The zero-order valence-corrected chi connectivity index (χ0v) is 15.3. The molecule has 0 radical (unpaired) electrons. The van der Waals surface area contributed by atoms with Gasteiger partial charge in [-0.25, -0.2) is 4.39 Å². The Balaban J connectivity index is 1.75. The Hall–Kier alpha value is -2.70. The Morgan fingerprint density at radius 1 is 1.08 bits per heavy atom. The van der Waals surface area contributed by atoms with E-state index in [9.17, 15) is 4.39 Å².